The summed E-state index contributed by atoms with van der Waals surface area (Å²) in [6.07, 6.45) is 6.98. The van der Waals surface area contributed by atoms with Gasteiger partial charge in [-0.15, -0.1) is 0 Å². The fraction of sp³-hybridized carbons (Fsp3) is 0.591. The van der Waals surface area contributed by atoms with Crippen LogP contribution in [0, 0.1) is 11.8 Å². The minimum Gasteiger partial charge on any atom is -0.460 e. The summed E-state index contributed by atoms with van der Waals surface area (Å²) in [6, 6.07) is 2.05. The molecule has 0 amide bonds. The van der Waals surface area contributed by atoms with Crippen LogP contribution < -0.4 is 9.47 Å². The van der Waals surface area contributed by atoms with Crippen LogP contribution in [-0.2, 0) is 5.41 Å². The van der Waals surface area contributed by atoms with E-state index in [1.165, 1.54) is 31.2 Å². The lowest BCUT2D eigenvalue weighted by molar-refractivity contribution is 0.111. The zero-order valence-corrected chi connectivity index (χ0v) is 15.8. The third-order valence-corrected chi connectivity index (χ3v) is 7.29. The number of hydrogen-bond donors (Lipinski definition) is 0. The zero-order valence-electron chi connectivity index (χ0n) is 15.8. The number of rotatable bonds is 1. The topological polar surface area (TPSA) is 48.7 Å². The van der Waals surface area contributed by atoms with Crippen LogP contribution >= 0.6 is 0 Å². The summed E-state index contributed by atoms with van der Waals surface area (Å²) in [5, 5.41) is 1.06. The highest BCUT2D eigenvalue weighted by molar-refractivity contribution is 6.01. The van der Waals surface area contributed by atoms with E-state index in [0.717, 1.165) is 29.8 Å². The van der Waals surface area contributed by atoms with Crippen molar-refractivity contribution in [3.05, 3.63) is 23.0 Å². The molecule has 138 valence electrons. The van der Waals surface area contributed by atoms with Gasteiger partial charge in [-0.05, 0) is 42.6 Å². The number of hydrogen-bond acceptors (Lipinski definition) is 4. The van der Waals surface area contributed by atoms with Crippen LogP contribution in [0.2, 0.25) is 0 Å². The van der Waals surface area contributed by atoms with Crippen molar-refractivity contribution in [2.45, 2.75) is 64.2 Å². The van der Waals surface area contributed by atoms with E-state index >= 15 is 0 Å². The molecule has 0 N–H and O–H groups in total. The first-order valence-electron chi connectivity index (χ1n) is 9.89. The molecule has 2 aliphatic carbocycles. The van der Waals surface area contributed by atoms with E-state index in [4.69, 9.17) is 13.9 Å². The first-order chi connectivity index (χ1) is 12.5. The van der Waals surface area contributed by atoms with Gasteiger partial charge in [-0.25, -0.2) is 0 Å². The SMILES string of the molecule is C[C@H]1CC[C@H]2[C@@H](C)CCC[C@]2(C)c2c1oc1c(C=O)c3c(cc21)OCO3. The van der Waals surface area contributed by atoms with Gasteiger partial charge in [0.15, 0.2) is 17.8 Å². The Morgan fingerprint density at radius 2 is 2.04 bits per heavy atom. The Morgan fingerprint density at radius 1 is 1.19 bits per heavy atom. The molecule has 4 nitrogen and oxygen atoms in total. The van der Waals surface area contributed by atoms with E-state index < -0.39 is 0 Å². The summed E-state index contributed by atoms with van der Waals surface area (Å²) in [4.78, 5) is 11.9. The largest absolute Gasteiger partial charge is 0.460 e. The lowest BCUT2D eigenvalue weighted by atomic mass is 9.59. The van der Waals surface area contributed by atoms with Crippen molar-refractivity contribution in [1.82, 2.24) is 0 Å². The van der Waals surface area contributed by atoms with E-state index in [2.05, 4.69) is 20.8 Å². The number of fused-ring (bicyclic) bond motifs is 6. The van der Waals surface area contributed by atoms with Crippen molar-refractivity contribution in [3.8, 4) is 11.5 Å². The number of carbonyl (C=O) groups excluding carboxylic acids is 1. The van der Waals surface area contributed by atoms with Gasteiger partial charge in [0.1, 0.15) is 16.9 Å². The number of aldehydes is 1. The highest BCUT2D eigenvalue weighted by Crippen LogP contribution is 2.57. The molecule has 2 heterocycles. The maximum absolute atomic E-state index is 11.9. The minimum absolute atomic E-state index is 0.0941. The average Bonchev–Trinajstić information content (AvgIpc) is 3.20. The highest BCUT2D eigenvalue weighted by Gasteiger charge is 2.47. The summed E-state index contributed by atoms with van der Waals surface area (Å²) in [5.74, 6) is 4.02. The molecule has 2 aromatic rings. The van der Waals surface area contributed by atoms with Gasteiger partial charge in [-0.2, -0.15) is 0 Å². The molecular weight excluding hydrogens is 328 g/mol. The van der Waals surface area contributed by atoms with E-state index in [9.17, 15) is 4.79 Å². The second-order valence-corrected chi connectivity index (χ2v) is 8.73. The summed E-state index contributed by atoms with van der Waals surface area (Å²) in [6.45, 7) is 7.25. The molecule has 26 heavy (non-hydrogen) atoms. The van der Waals surface area contributed by atoms with E-state index in [1.54, 1.807) is 0 Å². The summed E-state index contributed by atoms with van der Waals surface area (Å²) >= 11 is 0. The van der Waals surface area contributed by atoms with Crippen molar-refractivity contribution >= 4 is 17.3 Å². The van der Waals surface area contributed by atoms with Crippen molar-refractivity contribution < 1.29 is 18.7 Å². The summed E-state index contributed by atoms with van der Waals surface area (Å²) in [7, 11) is 0. The van der Waals surface area contributed by atoms with Gasteiger partial charge >= 0.3 is 0 Å². The molecule has 4 heteroatoms. The quantitative estimate of drug-likeness (QED) is 0.629. The third kappa shape index (κ3) is 1.99. The van der Waals surface area contributed by atoms with Crippen LogP contribution in [0.1, 0.15) is 80.5 Å². The molecule has 0 saturated heterocycles. The van der Waals surface area contributed by atoms with Crippen LogP contribution in [0.3, 0.4) is 0 Å². The molecule has 1 saturated carbocycles. The predicted octanol–water partition coefficient (Wildman–Crippen LogP) is 5.57. The molecule has 0 spiro atoms. The van der Waals surface area contributed by atoms with Gasteiger partial charge in [0.05, 0.1) is 0 Å². The van der Waals surface area contributed by atoms with Gasteiger partial charge in [0.25, 0.3) is 0 Å². The lowest BCUT2D eigenvalue weighted by Gasteiger charge is -2.45. The zero-order chi connectivity index (χ0) is 18.1. The van der Waals surface area contributed by atoms with Crippen molar-refractivity contribution in [2.75, 3.05) is 6.79 Å². The second kappa shape index (κ2) is 5.51. The Bertz CT molecular complexity index is 895. The standard InChI is InChI=1S/C22H26O4/c1-12-5-4-8-22(3)16(12)7-6-13(2)19-18(22)14-9-17-21(25-11-24-17)15(10-23)20(14)26-19/h9-10,12-13,16H,4-8,11H2,1-3H3/t12-,13-,16-,22-/m0/s1. The maximum atomic E-state index is 11.9. The monoisotopic (exact) mass is 354 g/mol. The molecule has 3 aliphatic rings. The number of carbonyl (C=O) groups is 1. The first-order valence-corrected chi connectivity index (χ1v) is 9.89. The Labute approximate surface area is 153 Å². The first kappa shape index (κ1) is 16.2. The Hall–Kier alpha value is -1.97. The third-order valence-electron chi connectivity index (χ3n) is 7.29. The van der Waals surface area contributed by atoms with Crippen LogP contribution in [-0.4, -0.2) is 13.1 Å². The van der Waals surface area contributed by atoms with Crippen LogP contribution in [0.25, 0.3) is 11.0 Å². The maximum Gasteiger partial charge on any atom is 0.231 e. The molecule has 1 aromatic carbocycles. The number of ether oxygens (including phenoxy) is 2. The van der Waals surface area contributed by atoms with Gasteiger partial charge in [-0.1, -0.05) is 33.6 Å². The smallest absolute Gasteiger partial charge is 0.231 e. The molecule has 5 rings (SSSR count). The average molecular weight is 354 g/mol. The molecule has 0 radical (unpaired) electrons. The number of furan rings is 1. The van der Waals surface area contributed by atoms with Crippen LogP contribution in [0.15, 0.2) is 10.5 Å². The lowest BCUT2D eigenvalue weighted by Crippen LogP contribution is -2.39. The highest BCUT2D eigenvalue weighted by atomic mass is 16.7. The fourth-order valence-corrected chi connectivity index (χ4v) is 5.96. The molecule has 0 bridgehead atoms. The predicted molar refractivity (Wildman–Crippen MR) is 99.2 cm³/mol. The summed E-state index contributed by atoms with van der Waals surface area (Å²) < 4.78 is 17.6. The molecular formula is C22H26O4. The fourth-order valence-electron chi connectivity index (χ4n) is 5.96. The Morgan fingerprint density at radius 3 is 2.85 bits per heavy atom. The van der Waals surface area contributed by atoms with Crippen molar-refractivity contribution in [2.24, 2.45) is 11.8 Å². The molecule has 4 atom stereocenters. The van der Waals surface area contributed by atoms with Crippen molar-refractivity contribution in [3.63, 3.8) is 0 Å². The van der Waals surface area contributed by atoms with Crippen LogP contribution in [0.5, 0.6) is 11.5 Å². The minimum atomic E-state index is 0.0941. The molecule has 1 aliphatic heterocycles. The normalized spacial score (nSPS) is 32.8. The van der Waals surface area contributed by atoms with Gasteiger partial charge in [-0.3, -0.25) is 4.79 Å². The Balaban J connectivity index is 1.84. The van der Waals surface area contributed by atoms with Crippen molar-refractivity contribution in [1.29, 1.82) is 0 Å². The van der Waals surface area contributed by atoms with E-state index in [-0.39, 0.29) is 12.2 Å². The second-order valence-electron chi connectivity index (χ2n) is 8.73. The molecule has 1 aromatic heterocycles. The Kier molecular flexibility index (Phi) is 3.44. The summed E-state index contributed by atoms with van der Waals surface area (Å²) in [5.41, 5.74) is 2.60. The molecule has 0 unspecified atom stereocenters. The van der Waals surface area contributed by atoms with Crippen LogP contribution in [0.4, 0.5) is 0 Å². The number of benzene rings is 1. The van der Waals surface area contributed by atoms with E-state index in [0.29, 0.717) is 34.5 Å². The van der Waals surface area contributed by atoms with E-state index in [1.807, 2.05) is 6.07 Å². The van der Waals surface area contributed by atoms with Gasteiger partial charge < -0.3 is 13.9 Å². The molecule has 1 fully saturated rings. The van der Waals surface area contributed by atoms with Gasteiger partial charge in [0.2, 0.25) is 6.79 Å². The van der Waals surface area contributed by atoms with Gasteiger partial charge in [0, 0.05) is 16.9 Å².